The van der Waals surface area contributed by atoms with E-state index in [1.807, 2.05) is 20.0 Å². The molecule has 0 aliphatic carbocycles. The van der Waals surface area contributed by atoms with Crippen molar-refractivity contribution in [2.24, 2.45) is 0 Å². The van der Waals surface area contributed by atoms with Gasteiger partial charge in [0.05, 0.1) is 6.20 Å². The van der Waals surface area contributed by atoms with Gasteiger partial charge < -0.3 is 9.64 Å². The number of likely N-dealkylation sites (N-methyl/N-ethyl adjacent to an activating group) is 1. The maximum atomic E-state index is 12.2. The van der Waals surface area contributed by atoms with E-state index in [9.17, 15) is 9.59 Å². The molecule has 0 aromatic carbocycles. The predicted octanol–water partition coefficient (Wildman–Crippen LogP) is 2.52. The summed E-state index contributed by atoms with van der Waals surface area (Å²) < 4.78 is 7.84. The van der Waals surface area contributed by atoms with Gasteiger partial charge in [0.1, 0.15) is 9.26 Å². The minimum atomic E-state index is -0.558. The number of hydrogen-bond donors (Lipinski definition) is 0. The molecule has 23 heavy (non-hydrogen) atoms. The Hall–Kier alpha value is -1.90. The Morgan fingerprint density at radius 2 is 2.22 bits per heavy atom. The fourth-order valence-electron chi connectivity index (χ4n) is 2.14. The minimum absolute atomic E-state index is 0.242. The van der Waals surface area contributed by atoms with Gasteiger partial charge >= 0.3 is 5.97 Å². The number of aromatic nitrogens is 2. The summed E-state index contributed by atoms with van der Waals surface area (Å²) in [5, 5.41) is 0. The molecule has 0 radical (unpaired) electrons. The van der Waals surface area contributed by atoms with Crippen LogP contribution in [-0.4, -0.2) is 45.9 Å². The van der Waals surface area contributed by atoms with E-state index < -0.39 is 5.97 Å². The molecule has 0 aliphatic rings. The molecular formula is C16H18IN3O3. The largest absolute Gasteiger partial charge is 0.452 e. The zero-order valence-electron chi connectivity index (χ0n) is 13.1. The zero-order chi connectivity index (χ0) is 17.0. The molecular weight excluding hydrogens is 409 g/mol. The predicted molar refractivity (Wildman–Crippen MR) is 95.3 cm³/mol. The Morgan fingerprint density at radius 3 is 2.87 bits per heavy atom. The second-order valence-corrected chi connectivity index (χ2v) is 6.24. The number of rotatable bonds is 6. The quantitative estimate of drug-likeness (QED) is 0.404. The molecule has 2 heterocycles. The van der Waals surface area contributed by atoms with Crippen molar-refractivity contribution >= 4 is 40.1 Å². The molecule has 0 N–H and O–H groups in total. The topological polar surface area (TPSA) is 63.9 Å². The van der Waals surface area contributed by atoms with Crippen molar-refractivity contribution in [2.75, 3.05) is 19.7 Å². The number of hydrogen-bond acceptors (Lipinski definition) is 4. The van der Waals surface area contributed by atoms with Gasteiger partial charge in [-0.15, -0.1) is 0 Å². The van der Waals surface area contributed by atoms with Crippen molar-refractivity contribution in [1.82, 2.24) is 14.3 Å². The molecule has 0 saturated carbocycles. The van der Waals surface area contributed by atoms with Gasteiger partial charge in [-0.05, 0) is 48.6 Å². The highest BCUT2D eigenvalue weighted by molar-refractivity contribution is 14.1. The van der Waals surface area contributed by atoms with E-state index in [1.165, 1.54) is 0 Å². The molecule has 7 heteroatoms. The number of nitrogens with zero attached hydrogens (tertiary/aromatic N) is 3. The van der Waals surface area contributed by atoms with Crippen molar-refractivity contribution in [3.05, 3.63) is 45.9 Å². The normalized spacial score (nSPS) is 10.6. The third kappa shape index (κ3) is 4.10. The molecule has 0 spiro atoms. The number of pyridine rings is 1. The molecule has 2 aromatic rings. The van der Waals surface area contributed by atoms with Crippen molar-refractivity contribution in [2.45, 2.75) is 13.8 Å². The van der Waals surface area contributed by atoms with E-state index in [-0.39, 0.29) is 12.5 Å². The SMILES string of the molecule is C=C(C)CN(CC)C(=O)COC(=O)c1cccn2c(I)cnc12. The maximum absolute atomic E-state index is 12.2. The van der Waals surface area contributed by atoms with E-state index in [4.69, 9.17) is 4.74 Å². The second-order valence-electron chi connectivity index (χ2n) is 5.14. The number of esters is 1. The molecule has 0 unspecified atom stereocenters. The monoisotopic (exact) mass is 427 g/mol. The van der Waals surface area contributed by atoms with Crippen molar-refractivity contribution in [3.63, 3.8) is 0 Å². The van der Waals surface area contributed by atoms with Gasteiger partial charge in [-0.1, -0.05) is 12.2 Å². The average Bonchev–Trinajstić information content (AvgIpc) is 2.91. The summed E-state index contributed by atoms with van der Waals surface area (Å²) in [6, 6.07) is 3.38. The van der Waals surface area contributed by atoms with Gasteiger partial charge in [-0.3, -0.25) is 9.20 Å². The fraction of sp³-hybridized carbons (Fsp3) is 0.312. The lowest BCUT2D eigenvalue weighted by atomic mass is 10.2. The van der Waals surface area contributed by atoms with E-state index in [0.29, 0.717) is 24.3 Å². The zero-order valence-corrected chi connectivity index (χ0v) is 15.2. The highest BCUT2D eigenvalue weighted by Gasteiger charge is 2.18. The highest BCUT2D eigenvalue weighted by atomic mass is 127. The number of amides is 1. The summed E-state index contributed by atoms with van der Waals surface area (Å²) in [6.07, 6.45) is 3.49. The van der Waals surface area contributed by atoms with Crippen LogP contribution in [0.3, 0.4) is 0 Å². The third-order valence-electron chi connectivity index (χ3n) is 3.23. The molecule has 0 bridgehead atoms. The van der Waals surface area contributed by atoms with E-state index in [2.05, 4.69) is 34.2 Å². The molecule has 122 valence electrons. The van der Waals surface area contributed by atoms with Gasteiger partial charge in [0.15, 0.2) is 12.3 Å². The van der Waals surface area contributed by atoms with Crippen LogP contribution in [0.4, 0.5) is 0 Å². The first-order chi connectivity index (χ1) is 10.9. The van der Waals surface area contributed by atoms with Crippen molar-refractivity contribution in [1.29, 1.82) is 0 Å². The van der Waals surface area contributed by atoms with Crippen LogP contribution in [0.5, 0.6) is 0 Å². The summed E-state index contributed by atoms with van der Waals surface area (Å²) in [6.45, 7) is 8.22. The smallest absolute Gasteiger partial charge is 0.342 e. The first-order valence-electron chi connectivity index (χ1n) is 7.15. The van der Waals surface area contributed by atoms with E-state index >= 15 is 0 Å². The van der Waals surface area contributed by atoms with Crippen LogP contribution < -0.4 is 0 Å². The summed E-state index contributed by atoms with van der Waals surface area (Å²) in [7, 11) is 0. The Bertz CT molecular complexity index is 754. The molecule has 2 aromatic heterocycles. The van der Waals surface area contributed by atoms with Gasteiger partial charge in [0.2, 0.25) is 0 Å². The molecule has 0 atom stereocenters. The van der Waals surface area contributed by atoms with E-state index in [1.54, 1.807) is 27.6 Å². The fourth-order valence-corrected chi connectivity index (χ4v) is 2.67. The molecule has 2 rings (SSSR count). The number of carbonyl (C=O) groups is 2. The lowest BCUT2D eigenvalue weighted by molar-refractivity contribution is -0.133. The molecule has 0 fully saturated rings. The Balaban J connectivity index is 2.07. The summed E-state index contributed by atoms with van der Waals surface area (Å²) in [5.41, 5.74) is 1.73. The highest BCUT2D eigenvalue weighted by Crippen LogP contribution is 2.14. The van der Waals surface area contributed by atoms with Crippen molar-refractivity contribution < 1.29 is 14.3 Å². The first-order valence-corrected chi connectivity index (χ1v) is 8.22. The maximum Gasteiger partial charge on any atom is 0.342 e. The van der Waals surface area contributed by atoms with Crippen LogP contribution in [-0.2, 0) is 9.53 Å². The van der Waals surface area contributed by atoms with Crippen LogP contribution in [0.1, 0.15) is 24.2 Å². The number of fused-ring (bicyclic) bond motifs is 1. The third-order valence-corrected chi connectivity index (χ3v) is 4.03. The van der Waals surface area contributed by atoms with Crippen molar-refractivity contribution in [3.8, 4) is 0 Å². The molecule has 0 aliphatic heterocycles. The Kier molecular flexibility index (Phi) is 5.75. The van der Waals surface area contributed by atoms with Crippen LogP contribution in [0.2, 0.25) is 0 Å². The number of carbonyl (C=O) groups excluding carboxylic acids is 2. The first kappa shape index (κ1) is 17.5. The van der Waals surface area contributed by atoms with Gasteiger partial charge in [0.25, 0.3) is 5.91 Å². The minimum Gasteiger partial charge on any atom is -0.452 e. The van der Waals surface area contributed by atoms with Crippen LogP contribution in [0, 0.1) is 3.70 Å². The van der Waals surface area contributed by atoms with Gasteiger partial charge in [-0.2, -0.15) is 0 Å². The molecule has 1 amide bonds. The van der Waals surface area contributed by atoms with Crippen LogP contribution in [0.25, 0.3) is 5.65 Å². The number of ether oxygens (including phenoxy) is 1. The lowest BCUT2D eigenvalue weighted by Gasteiger charge is -2.20. The molecule has 6 nitrogen and oxygen atoms in total. The second kappa shape index (κ2) is 7.58. The van der Waals surface area contributed by atoms with Gasteiger partial charge in [-0.25, -0.2) is 9.78 Å². The van der Waals surface area contributed by atoms with Crippen LogP contribution >= 0.6 is 22.6 Å². The Morgan fingerprint density at radius 1 is 1.48 bits per heavy atom. The average molecular weight is 427 g/mol. The standard InChI is InChI=1S/C16H18IN3O3/c1-4-19(9-11(2)3)14(21)10-23-16(22)12-6-5-7-20-13(17)8-18-15(12)20/h5-8H,2,4,9-10H2,1,3H3. The van der Waals surface area contributed by atoms with Crippen LogP contribution in [0.15, 0.2) is 36.7 Å². The summed E-state index contributed by atoms with van der Waals surface area (Å²) in [5.74, 6) is -0.800. The molecule has 0 saturated heterocycles. The van der Waals surface area contributed by atoms with E-state index in [0.717, 1.165) is 9.27 Å². The summed E-state index contributed by atoms with van der Waals surface area (Å²) in [4.78, 5) is 30.1. The number of halogens is 1. The van der Waals surface area contributed by atoms with Gasteiger partial charge in [0, 0.05) is 19.3 Å². The Labute approximate surface area is 148 Å². The summed E-state index contributed by atoms with van der Waals surface area (Å²) >= 11 is 2.13. The lowest BCUT2D eigenvalue weighted by Crippen LogP contribution is -2.35. The number of imidazole rings is 1.